The molecule has 2 aromatic rings. The van der Waals surface area contributed by atoms with Gasteiger partial charge in [0.2, 0.25) is 0 Å². The maximum atomic E-state index is 12.2. The van der Waals surface area contributed by atoms with Gasteiger partial charge in [-0.1, -0.05) is 30.3 Å². The molecule has 1 aliphatic heterocycles. The Labute approximate surface area is 154 Å². The Bertz CT molecular complexity index is 658. The molecule has 1 amide bonds. The van der Waals surface area contributed by atoms with Crippen LogP contribution in [-0.2, 0) is 9.53 Å². The van der Waals surface area contributed by atoms with Crippen molar-refractivity contribution in [3.8, 4) is 11.5 Å². The highest BCUT2D eigenvalue weighted by Crippen LogP contribution is 2.23. The van der Waals surface area contributed by atoms with Gasteiger partial charge in [0.05, 0.1) is 12.6 Å². The number of rotatable bonds is 5. The summed E-state index contributed by atoms with van der Waals surface area (Å²) in [4.78, 5) is 12.2. The van der Waals surface area contributed by atoms with Crippen LogP contribution in [0.5, 0.6) is 11.5 Å². The summed E-state index contributed by atoms with van der Waals surface area (Å²) in [6.45, 7) is 3.88. The third kappa shape index (κ3) is 5.46. The van der Waals surface area contributed by atoms with Gasteiger partial charge in [-0.3, -0.25) is 4.79 Å². The Balaban J connectivity index is 0.00000225. The first-order chi connectivity index (χ1) is 11.7. The zero-order valence-corrected chi connectivity index (χ0v) is 14.9. The van der Waals surface area contributed by atoms with Crippen LogP contribution in [0.1, 0.15) is 18.5 Å². The van der Waals surface area contributed by atoms with E-state index in [2.05, 4.69) is 10.6 Å². The molecule has 2 aromatic carbocycles. The third-order valence-electron chi connectivity index (χ3n) is 3.94. The van der Waals surface area contributed by atoms with Gasteiger partial charge in [-0.2, -0.15) is 0 Å². The van der Waals surface area contributed by atoms with Crippen LogP contribution < -0.4 is 15.4 Å². The summed E-state index contributed by atoms with van der Waals surface area (Å²) in [6, 6.07) is 17.3. The number of halogens is 1. The quantitative estimate of drug-likeness (QED) is 0.858. The average molecular weight is 363 g/mol. The van der Waals surface area contributed by atoms with Gasteiger partial charge in [0.1, 0.15) is 17.6 Å². The van der Waals surface area contributed by atoms with E-state index in [1.165, 1.54) is 0 Å². The summed E-state index contributed by atoms with van der Waals surface area (Å²) in [7, 11) is 0. The van der Waals surface area contributed by atoms with Crippen molar-refractivity contribution in [2.24, 2.45) is 0 Å². The van der Waals surface area contributed by atoms with Gasteiger partial charge in [0, 0.05) is 13.1 Å². The summed E-state index contributed by atoms with van der Waals surface area (Å²) >= 11 is 0. The minimum atomic E-state index is -0.415. The van der Waals surface area contributed by atoms with E-state index in [1.54, 1.807) is 0 Å². The number of morpholine rings is 1. The van der Waals surface area contributed by atoms with Gasteiger partial charge in [-0.25, -0.2) is 0 Å². The molecule has 25 heavy (non-hydrogen) atoms. The summed E-state index contributed by atoms with van der Waals surface area (Å²) < 4.78 is 11.2. The molecular weight excluding hydrogens is 340 g/mol. The molecule has 3 rings (SSSR count). The number of amides is 1. The number of benzene rings is 2. The normalized spacial score (nSPS) is 17.9. The van der Waals surface area contributed by atoms with Crippen molar-refractivity contribution in [2.75, 3.05) is 19.7 Å². The molecule has 0 aliphatic carbocycles. The Kier molecular flexibility index (Phi) is 7.25. The Morgan fingerprint density at radius 1 is 1.16 bits per heavy atom. The number of nitrogens with one attached hydrogen (secondary N) is 2. The first kappa shape index (κ1) is 19.2. The van der Waals surface area contributed by atoms with E-state index in [9.17, 15) is 4.79 Å². The Hall–Kier alpha value is -2.08. The van der Waals surface area contributed by atoms with Crippen LogP contribution in [0.25, 0.3) is 0 Å². The third-order valence-corrected chi connectivity index (χ3v) is 3.94. The molecule has 2 N–H and O–H groups in total. The van der Waals surface area contributed by atoms with Gasteiger partial charge >= 0.3 is 0 Å². The van der Waals surface area contributed by atoms with Crippen LogP contribution in [0.3, 0.4) is 0 Å². The van der Waals surface area contributed by atoms with Gasteiger partial charge in [-0.15, -0.1) is 12.4 Å². The summed E-state index contributed by atoms with van der Waals surface area (Å²) in [6.07, 6.45) is -0.415. The fourth-order valence-electron chi connectivity index (χ4n) is 2.57. The second kappa shape index (κ2) is 9.42. The van der Waals surface area contributed by atoms with Crippen molar-refractivity contribution in [3.63, 3.8) is 0 Å². The number of carbonyl (C=O) groups excluding carboxylic acids is 1. The smallest absolute Gasteiger partial charge is 0.250 e. The van der Waals surface area contributed by atoms with Crippen molar-refractivity contribution in [2.45, 2.75) is 19.1 Å². The number of ether oxygens (including phenoxy) is 2. The maximum absolute atomic E-state index is 12.2. The van der Waals surface area contributed by atoms with Crippen LogP contribution in [0.15, 0.2) is 54.6 Å². The van der Waals surface area contributed by atoms with Crippen LogP contribution in [0.4, 0.5) is 0 Å². The van der Waals surface area contributed by atoms with E-state index in [1.807, 2.05) is 61.5 Å². The number of carbonyl (C=O) groups is 1. The fraction of sp³-hybridized carbons (Fsp3) is 0.316. The molecular formula is C19H23ClN2O3. The van der Waals surface area contributed by atoms with Gasteiger partial charge in [0.15, 0.2) is 0 Å². The highest BCUT2D eigenvalue weighted by Gasteiger charge is 2.23. The van der Waals surface area contributed by atoms with Crippen LogP contribution in [-0.4, -0.2) is 31.7 Å². The second-order valence-corrected chi connectivity index (χ2v) is 5.78. The fourth-order valence-corrected chi connectivity index (χ4v) is 2.57. The monoisotopic (exact) mass is 362 g/mol. The minimum absolute atomic E-state index is 0. The molecule has 2 atom stereocenters. The van der Waals surface area contributed by atoms with E-state index in [0.29, 0.717) is 13.2 Å². The maximum Gasteiger partial charge on any atom is 0.250 e. The molecule has 6 heteroatoms. The van der Waals surface area contributed by atoms with E-state index < -0.39 is 6.10 Å². The van der Waals surface area contributed by atoms with Crippen LogP contribution >= 0.6 is 12.4 Å². The minimum Gasteiger partial charge on any atom is -0.457 e. The van der Waals surface area contributed by atoms with Crippen molar-refractivity contribution in [1.29, 1.82) is 0 Å². The molecule has 0 aromatic heterocycles. The van der Waals surface area contributed by atoms with Crippen LogP contribution in [0.2, 0.25) is 0 Å². The summed E-state index contributed by atoms with van der Waals surface area (Å²) in [5, 5.41) is 6.15. The van der Waals surface area contributed by atoms with Crippen molar-refractivity contribution < 1.29 is 14.3 Å². The molecule has 0 radical (unpaired) electrons. The molecule has 1 fully saturated rings. The first-order valence-corrected chi connectivity index (χ1v) is 8.18. The lowest BCUT2D eigenvalue weighted by atomic mass is 10.1. The molecule has 5 nitrogen and oxygen atoms in total. The highest BCUT2D eigenvalue weighted by atomic mass is 35.5. The lowest BCUT2D eigenvalue weighted by Crippen LogP contribution is -2.48. The molecule has 1 heterocycles. The zero-order chi connectivity index (χ0) is 16.8. The topological polar surface area (TPSA) is 59.6 Å². The molecule has 2 unspecified atom stereocenters. The predicted octanol–water partition coefficient (Wildman–Crippen LogP) is 3.07. The molecule has 134 valence electrons. The predicted molar refractivity (Wildman–Crippen MR) is 99.4 cm³/mol. The van der Waals surface area contributed by atoms with Gasteiger partial charge in [-0.05, 0) is 36.8 Å². The van der Waals surface area contributed by atoms with Crippen molar-refractivity contribution in [3.05, 3.63) is 60.2 Å². The lowest BCUT2D eigenvalue weighted by Gasteiger charge is -2.24. The van der Waals surface area contributed by atoms with E-state index >= 15 is 0 Å². The molecule has 0 spiro atoms. The first-order valence-electron chi connectivity index (χ1n) is 8.18. The second-order valence-electron chi connectivity index (χ2n) is 5.78. The van der Waals surface area contributed by atoms with Gasteiger partial charge in [0.25, 0.3) is 5.91 Å². The van der Waals surface area contributed by atoms with E-state index in [-0.39, 0.29) is 24.4 Å². The largest absolute Gasteiger partial charge is 0.457 e. The number of hydrogen-bond donors (Lipinski definition) is 2. The van der Waals surface area contributed by atoms with Crippen molar-refractivity contribution >= 4 is 18.3 Å². The average Bonchev–Trinajstić information content (AvgIpc) is 2.64. The SMILES string of the molecule is CC(NC(=O)C1CNCCO1)c1ccc(Oc2ccccc2)cc1.Cl. The lowest BCUT2D eigenvalue weighted by molar-refractivity contribution is -0.134. The Morgan fingerprint density at radius 2 is 1.84 bits per heavy atom. The standard InChI is InChI=1S/C19H22N2O3.ClH/c1-14(21-19(22)18-13-20-11-12-23-18)15-7-9-17(10-8-15)24-16-5-3-2-4-6-16;/h2-10,14,18,20H,11-13H2,1H3,(H,21,22);1H. The molecule has 0 saturated carbocycles. The summed E-state index contributed by atoms with van der Waals surface area (Å²) in [5.74, 6) is 1.48. The molecule has 1 aliphatic rings. The summed E-state index contributed by atoms with van der Waals surface area (Å²) in [5.41, 5.74) is 1.02. The zero-order valence-electron chi connectivity index (χ0n) is 14.1. The van der Waals surface area contributed by atoms with E-state index in [0.717, 1.165) is 23.6 Å². The molecule has 0 bridgehead atoms. The highest BCUT2D eigenvalue weighted by molar-refractivity contribution is 5.85. The number of hydrogen-bond acceptors (Lipinski definition) is 4. The van der Waals surface area contributed by atoms with Crippen LogP contribution in [0, 0.1) is 0 Å². The van der Waals surface area contributed by atoms with Crippen molar-refractivity contribution in [1.82, 2.24) is 10.6 Å². The van der Waals surface area contributed by atoms with Gasteiger partial charge < -0.3 is 20.1 Å². The number of para-hydroxylation sites is 1. The van der Waals surface area contributed by atoms with E-state index in [4.69, 9.17) is 9.47 Å². The Morgan fingerprint density at radius 3 is 2.48 bits per heavy atom. The molecule has 1 saturated heterocycles.